The van der Waals surface area contributed by atoms with Gasteiger partial charge in [0.05, 0.1) is 30.0 Å². The highest BCUT2D eigenvalue weighted by Gasteiger charge is 2.30. The summed E-state index contributed by atoms with van der Waals surface area (Å²) in [6, 6.07) is 4.74. The minimum atomic E-state index is -1.09. The Balaban J connectivity index is 1.86. The van der Waals surface area contributed by atoms with Crippen molar-refractivity contribution in [2.45, 2.75) is 48.1 Å². The van der Waals surface area contributed by atoms with E-state index in [0.29, 0.717) is 26.3 Å². The molecule has 11 heteroatoms. The van der Waals surface area contributed by atoms with E-state index in [1.54, 1.807) is 46.4 Å². The summed E-state index contributed by atoms with van der Waals surface area (Å²) in [7, 11) is 0. The minimum Gasteiger partial charge on any atom is -0.453 e. The lowest BCUT2D eigenvalue weighted by Gasteiger charge is -2.27. The zero-order chi connectivity index (χ0) is 30.3. The minimum absolute atomic E-state index is 0.0787. The fourth-order valence-electron chi connectivity index (χ4n) is 4.14. The summed E-state index contributed by atoms with van der Waals surface area (Å²) in [4.78, 5) is 40.2. The van der Waals surface area contributed by atoms with E-state index in [1.165, 1.54) is 12.1 Å². The first-order chi connectivity index (χ1) is 19.1. The molecule has 1 saturated heterocycles. The number of anilines is 2. The number of carbonyl (C=O) groups is 2. The van der Waals surface area contributed by atoms with Crippen molar-refractivity contribution in [2.75, 3.05) is 36.9 Å². The second-order valence-corrected chi connectivity index (χ2v) is 12.2. The van der Waals surface area contributed by atoms with E-state index >= 15 is 8.78 Å². The van der Waals surface area contributed by atoms with E-state index in [1.807, 2.05) is 0 Å². The Hall–Kier alpha value is -3.70. The molecule has 0 unspecified atom stereocenters. The molecule has 0 aliphatic carbocycles. The molecule has 1 aliphatic heterocycles. The van der Waals surface area contributed by atoms with Crippen LogP contribution in [0.4, 0.5) is 24.5 Å². The number of nitrogens with one attached hydrogen (secondary N) is 2. The number of carbonyl (C=O) groups excluding carboxylic acids is 2. The quantitative estimate of drug-likeness (QED) is 0.408. The molecule has 1 aliphatic rings. The number of amides is 2. The van der Waals surface area contributed by atoms with Crippen LogP contribution in [0.2, 0.25) is 0 Å². The number of nitrogens with zero attached hydrogens (tertiary/aromatic N) is 1. The summed E-state index contributed by atoms with van der Waals surface area (Å²) in [5.74, 6) is -4.11. The lowest BCUT2D eigenvalue weighted by Crippen LogP contribution is -2.36. The third-order valence-corrected chi connectivity index (χ3v) is 6.73. The van der Waals surface area contributed by atoms with Crippen LogP contribution in [0.15, 0.2) is 33.5 Å². The smallest absolute Gasteiger partial charge is 0.229 e. The number of hydrogen-bond donors (Lipinski definition) is 2. The van der Waals surface area contributed by atoms with Gasteiger partial charge in [0.2, 0.25) is 11.8 Å². The van der Waals surface area contributed by atoms with Crippen molar-refractivity contribution in [1.82, 2.24) is 4.90 Å². The Morgan fingerprint density at radius 3 is 2.10 bits per heavy atom. The Kier molecular flexibility index (Phi) is 8.33. The number of morpholine rings is 1. The van der Waals surface area contributed by atoms with Crippen LogP contribution in [0.5, 0.6) is 0 Å². The molecule has 1 fully saturated rings. The highest BCUT2D eigenvalue weighted by atomic mass is 19.1. The van der Waals surface area contributed by atoms with Gasteiger partial charge in [0.25, 0.3) is 0 Å². The highest BCUT2D eigenvalue weighted by Crippen LogP contribution is 2.35. The standard InChI is InChI=1S/C30H34F3N3O5/c1-29(2,3)27(38)34-19-8-7-16(13-18(19)31)21-14-20(37)22-25(35-28(39)30(4,5)6)23(32)17(24(33)26(22)41-21)15-36-9-11-40-12-10-36/h7-8,13-14H,9-12,15H2,1-6H3,(H,34,38)(H,35,39). The highest BCUT2D eigenvalue weighted by molar-refractivity contribution is 6.03. The number of ether oxygens (including phenoxy) is 1. The topological polar surface area (TPSA) is 101 Å². The van der Waals surface area contributed by atoms with Crippen molar-refractivity contribution < 1.29 is 31.9 Å². The molecule has 0 saturated carbocycles. The van der Waals surface area contributed by atoms with Gasteiger partial charge in [-0.2, -0.15) is 0 Å². The molecule has 4 rings (SSSR count). The maximum absolute atomic E-state index is 15.9. The molecule has 2 heterocycles. The Morgan fingerprint density at radius 2 is 1.51 bits per heavy atom. The van der Waals surface area contributed by atoms with E-state index in [4.69, 9.17) is 9.15 Å². The maximum atomic E-state index is 15.9. The van der Waals surface area contributed by atoms with Crippen LogP contribution in [0.25, 0.3) is 22.3 Å². The number of benzene rings is 2. The fraction of sp³-hybridized carbons (Fsp3) is 0.433. The van der Waals surface area contributed by atoms with Crippen molar-refractivity contribution >= 4 is 34.2 Å². The first-order valence-corrected chi connectivity index (χ1v) is 13.3. The van der Waals surface area contributed by atoms with Gasteiger partial charge in [0, 0.05) is 47.7 Å². The molecule has 8 nitrogen and oxygen atoms in total. The van der Waals surface area contributed by atoms with Crippen LogP contribution in [0, 0.1) is 28.3 Å². The van der Waals surface area contributed by atoms with Crippen LogP contribution in [-0.2, 0) is 20.9 Å². The van der Waals surface area contributed by atoms with Gasteiger partial charge in [0.1, 0.15) is 11.6 Å². The normalized spacial score (nSPS) is 14.8. The zero-order valence-electron chi connectivity index (χ0n) is 24.0. The Bertz CT molecular complexity index is 1570. The van der Waals surface area contributed by atoms with Gasteiger partial charge >= 0.3 is 0 Å². The first kappa shape index (κ1) is 30.3. The summed E-state index contributed by atoms with van der Waals surface area (Å²) >= 11 is 0. The molecule has 3 aromatic rings. The summed E-state index contributed by atoms with van der Waals surface area (Å²) in [5, 5.41) is 4.50. The Labute approximate surface area is 235 Å². The molecular weight excluding hydrogens is 539 g/mol. The van der Waals surface area contributed by atoms with Crippen molar-refractivity contribution in [3.05, 3.63) is 57.5 Å². The van der Waals surface area contributed by atoms with Gasteiger partial charge < -0.3 is 19.8 Å². The summed E-state index contributed by atoms with van der Waals surface area (Å²) < 4.78 is 57.9. The molecule has 2 aromatic carbocycles. The summed E-state index contributed by atoms with van der Waals surface area (Å²) in [6.45, 7) is 11.4. The van der Waals surface area contributed by atoms with Crippen LogP contribution in [0.3, 0.4) is 0 Å². The van der Waals surface area contributed by atoms with E-state index < -0.39 is 62.2 Å². The van der Waals surface area contributed by atoms with E-state index in [-0.39, 0.29) is 29.1 Å². The largest absolute Gasteiger partial charge is 0.453 e. The van der Waals surface area contributed by atoms with Crippen LogP contribution >= 0.6 is 0 Å². The van der Waals surface area contributed by atoms with Gasteiger partial charge in [-0.3, -0.25) is 19.3 Å². The van der Waals surface area contributed by atoms with Gasteiger partial charge in [-0.25, -0.2) is 13.2 Å². The number of fused-ring (bicyclic) bond motifs is 1. The second-order valence-electron chi connectivity index (χ2n) is 12.2. The molecule has 0 radical (unpaired) electrons. The maximum Gasteiger partial charge on any atom is 0.229 e. The van der Waals surface area contributed by atoms with Gasteiger partial charge in [-0.1, -0.05) is 41.5 Å². The zero-order valence-corrected chi connectivity index (χ0v) is 24.0. The average molecular weight is 574 g/mol. The van der Waals surface area contributed by atoms with Gasteiger partial charge in [0.15, 0.2) is 22.6 Å². The van der Waals surface area contributed by atoms with Crippen molar-refractivity contribution in [1.29, 1.82) is 0 Å². The third kappa shape index (κ3) is 6.46. The van der Waals surface area contributed by atoms with E-state index in [9.17, 15) is 18.8 Å². The molecule has 220 valence electrons. The van der Waals surface area contributed by atoms with Crippen LogP contribution in [0.1, 0.15) is 47.1 Å². The predicted molar refractivity (Wildman–Crippen MR) is 150 cm³/mol. The lowest BCUT2D eigenvalue weighted by molar-refractivity contribution is -0.123. The average Bonchev–Trinajstić information content (AvgIpc) is 2.89. The second kappa shape index (κ2) is 11.3. The summed E-state index contributed by atoms with van der Waals surface area (Å²) in [6.07, 6.45) is 0. The van der Waals surface area contributed by atoms with Crippen molar-refractivity contribution in [2.24, 2.45) is 10.8 Å². The molecule has 0 atom stereocenters. The van der Waals surface area contributed by atoms with Gasteiger partial charge in [-0.15, -0.1) is 0 Å². The Morgan fingerprint density at radius 1 is 0.902 bits per heavy atom. The van der Waals surface area contributed by atoms with Crippen LogP contribution in [-0.4, -0.2) is 43.0 Å². The first-order valence-electron chi connectivity index (χ1n) is 13.3. The predicted octanol–water partition coefficient (Wildman–Crippen LogP) is 5.68. The molecule has 0 bridgehead atoms. The third-order valence-electron chi connectivity index (χ3n) is 6.73. The van der Waals surface area contributed by atoms with Crippen molar-refractivity contribution in [3.8, 4) is 11.3 Å². The SMILES string of the molecule is CC(C)(C)C(=O)Nc1ccc(-c2cc(=O)c3c(NC(=O)C(C)(C)C)c(F)c(CN4CCOCC4)c(F)c3o2)cc1F. The van der Waals surface area contributed by atoms with Crippen molar-refractivity contribution in [3.63, 3.8) is 0 Å². The number of rotatable bonds is 5. The molecule has 41 heavy (non-hydrogen) atoms. The fourth-order valence-corrected chi connectivity index (χ4v) is 4.14. The molecular formula is C30H34F3N3O5. The van der Waals surface area contributed by atoms with Crippen LogP contribution < -0.4 is 16.1 Å². The molecule has 2 amide bonds. The molecule has 2 N–H and O–H groups in total. The van der Waals surface area contributed by atoms with Gasteiger partial charge in [-0.05, 0) is 18.2 Å². The molecule has 1 aromatic heterocycles. The lowest BCUT2D eigenvalue weighted by atomic mass is 9.95. The summed E-state index contributed by atoms with van der Waals surface area (Å²) in [5.41, 5.74) is -3.94. The molecule has 0 spiro atoms. The monoisotopic (exact) mass is 573 g/mol. The van der Waals surface area contributed by atoms with E-state index in [0.717, 1.165) is 12.1 Å². The number of hydrogen-bond acceptors (Lipinski definition) is 6. The van der Waals surface area contributed by atoms with E-state index in [2.05, 4.69) is 10.6 Å². The number of halogens is 3.